The van der Waals surface area contributed by atoms with Gasteiger partial charge in [-0.1, -0.05) is 13.8 Å². The van der Waals surface area contributed by atoms with E-state index in [1.165, 1.54) is 12.0 Å². The minimum Gasteiger partial charge on any atom is -0.493 e. The molecule has 15 heteroatoms. The molecule has 2 aromatic rings. The van der Waals surface area contributed by atoms with Gasteiger partial charge < -0.3 is 34.6 Å². The molecule has 0 saturated carbocycles. The van der Waals surface area contributed by atoms with Crippen molar-refractivity contribution >= 4 is 29.7 Å². The summed E-state index contributed by atoms with van der Waals surface area (Å²) in [6.45, 7) is 8.73. The molecule has 3 aliphatic rings. The predicted molar refractivity (Wildman–Crippen MR) is 182 cm³/mol. The van der Waals surface area contributed by atoms with Crippen LogP contribution in [-0.2, 0) is 27.3 Å². The topological polar surface area (TPSA) is 165 Å². The van der Waals surface area contributed by atoms with Gasteiger partial charge in [-0.05, 0) is 62.8 Å². The largest absolute Gasteiger partial charge is 0.493 e. The van der Waals surface area contributed by atoms with Gasteiger partial charge in [-0.25, -0.2) is 4.79 Å². The molecule has 0 aliphatic carbocycles. The molecule has 272 valence electrons. The Labute approximate surface area is 292 Å². The summed E-state index contributed by atoms with van der Waals surface area (Å²) in [6, 6.07) is 5.88. The summed E-state index contributed by atoms with van der Waals surface area (Å²) >= 11 is 0. The van der Waals surface area contributed by atoms with Gasteiger partial charge in [0.1, 0.15) is 31.0 Å². The highest BCUT2D eigenvalue weighted by atomic mass is 16.6. The molecule has 2 N–H and O–H groups in total. The SMILES string of the molecule is CCn1nc(CC(C)C)cc1C(=O)N1C[C@@H]2C[C@H]1C(=O)NCCCCN(C(=O)CN1CCOC1=O)CCCNC(=O)c1ccc(OC)c(c1)O2. The van der Waals surface area contributed by atoms with Crippen LogP contribution in [0.1, 0.15) is 73.0 Å². The molecular weight excluding hydrogens is 646 g/mol. The summed E-state index contributed by atoms with van der Waals surface area (Å²) in [5, 5.41) is 10.6. The number of nitrogens with zero attached hydrogens (tertiary/aromatic N) is 5. The molecule has 2 atom stereocenters. The number of aromatic nitrogens is 2. The molecule has 5 amide bonds. The number of hydrogen-bond acceptors (Lipinski definition) is 9. The van der Waals surface area contributed by atoms with E-state index in [1.807, 2.05) is 13.0 Å². The van der Waals surface area contributed by atoms with Crippen molar-refractivity contribution in [3.8, 4) is 11.5 Å². The summed E-state index contributed by atoms with van der Waals surface area (Å²) in [6.07, 6.45) is 1.58. The van der Waals surface area contributed by atoms with E-state index in [1.54, 1.807) is 32.7 Å². The van der Waals surface area contributed by atoms with E-state index in [0.29, 0.717) is 87.2 Å². The highest BCUT2D eigenvalue weighted by Crippen LogP contribution is 2.32. The number of ether oxygens (including phenoxy) is 3. The van der Waals surface area contributed by atoms with Crippen molar-refractivity contribution in [2.24, 2.45) is 5.92 Å². The zero-order chi connectivity index (χ0) is 35.8. The Balaban J connectivity index is 1.38. The minimum absolute atomic E-state index is 0.0842. The lowest BCUT2D eigenvalue weighted by atomic mass is 10.1. The maximum atomic E-state index is 14.1. The van der Waals surface area contributed by atoms with Gasteiger partial charge >= 0.3 is 6.09 Å². The second-order valence-corrected chi connectivity index (χ2v) is 13.3. The van der Waals surface area contributed by atoms with Gasteiger partial charge in [0.25, 0.3) is 11.8 Å². The zero-order valence-corrected chi connectivity index (χ0v) is 29.4. The number of amides is 5. The van der Waals surface area contributed by atoms with Crippen LogP contribution in [0.4, 0.5) is 4.79 Å². The molecule has 4 heterocycles. The number of cyclic esters (lactones) is 1. The fourth-order valence-corrected chi connectivity index (χ4v) is 6.52. The first kappa shape index (κ1) is 36.5. The Morgan fingerprint density at radius 2 is 1.82 bits per heavy atom. The van der Waals surface area contributed by atoms with Crippen LogP contribution in [0.3, 0.4) is 0 Å². The first-order valence-electron chi connectivity index (χ1n) is 17.6. The van der Waals surface area contributed by atoms with E-state index >= 15 is 0 Å². The Morgan fingerprint density at radius 3 is 2.54 bits per heavy atom. The number of hydrogen-bond donors (Lipinski definition) is 2. The third kappa shape index (κ3) is 8.85. The summed E-state index contributed by atoms with van der Waals surface area (Å²) in [5.41, 5.74) is 1.59. The third-order valence-electron chi connectivity index (χ3n) is 9.08. The first-order valence-corrected chi connectivity index (χ1v) is 17.6. The number of benzene rings is 1. The number of methoxy groups -OCH3 is 1. The van der Waals surface area contributed by atoms with E-state index in [4.69, 9.17) is 14.2 Å². The van der Waals surface area contributed by atoms with Gasteiger partial charge in [0, 0.05) is 44.7 Å². The Kier molecular flexibility index (Phi) is 12.2. The summed E-state index contributed by atoms with van der Waals surface area (Å²) in [5.74, 6) is -0.0400. The lowest BCUT2D eigenvalue weighted by Crippen LogP contribution is -2.46. The van der Waals surface area contributed by atoms with Crippen molar-refractivity contribution in [1.82, 2.24) is 35.1 Å². The number of carbonyl (C=O) groups excluding carboxylic acids is 5. The number of likely N-dealkylation sites (tertiary alicyclic amines) is 1. The second kappa shape index (κ2) is 16.7. The van der Waals surface area contributed by atoms with E-state index in [2.05, 4.69) is 29.6 Å². The number of carbonyl (C=O) groups is 5. The average molecular weight is 696 g/mol. The van der Waals surface area contributed by atoms with E-state index < -0.39 is 18.2 Å². The van der Waals surface area contributed by atoms with Crippen molar-refractivity contribution in [1.29, 1.82) is 0 Å². The van der Waals surface area contributed by atoms with E-state index in [0.717, 1.165) is 12.1 Å². The van der Waals surface area contributed by atoms with Gasteiger partial charge in [0.2, 0.25) is 11.8 Å². The van der Waals surface area contributed by atoms with Crippen molar-refractivity contribution in [3.63, 3.8) is 0 Å². The highest BCUT2D eigenvalue weighted by Gasteiger charge is 2.42. The predicted octanol–water partition coefficient (Wildman–Crippen LogP) is 2.08. The second-order valence-electron chi connectivity index (χ2n) is 13.3. The van der Waals surface area contributed by atoms with Crippen molar-refractivity contribution < 1.29 is 38.2 Å². The summed E-state index contributed by atoms with van der Waals surface area (Å²) in [7, 11) is 1.50. The van der Waals surface area contributed by atoms with Gasteiger partial charge in [0.05, 0.1) is 25.9 Å². The molecule has 3 aliphatic heterocycles. The average Bonchev–Trinajstić information content (AvgIpc) is 3.82. The molecule has 1 aromatic carbocycles. The molecule has 50 heavy (non-hydrogen) atoms. The lowest BCUT2D eigenvalue weighted by molar-refractivity contribution is -0.132. The first-order chi connectivity index (χ1) is 24.1. The molecule has 1 aromatic heterocycles. The van der Waals surface area contributed by atoms with Gasteiger partial charge in [-0.15, -0.1) is 0 Å². The number of fused-ring (bicyclic) bond motifs is 4. The van der Waals surface area contributed by atoms with Crippen LogP contribution in [0.5, 0.6) is 11.5 Å². The Morgan fingerprint density at radius 1 is 1.04 bits per heavy atom. The Hall–Kier alpha value is -4.82. The minimum atomic E-state index is -0.806. The monoisotopic (exact) mass is 695 g/mol. The molecule has 0 radical (unpaired) electrons. The van der Waals surface area contributed by atoms with Gasteiger partial charge in [-0.3, -0.25) is 28.8 Å². The van der Waals surface area contributed by atoms with E-state index in [-0.39, 0.29) is 49.7 Å². The standard InChI is InChI=1S/C35H49N7O8/c1-5-42-28(19-25(38-42)17-23(2)3)34(46)41-21-26-20-27(41)33(45)37-11-6-7-13-39(31(43)22-40-15-16-49-35(40)47)14-8-12-36-32(44)24-9-10-29(48-4)30(18-24)50-26/h9-10,18-19,23,26-27H,5-8,11-17,20-22H2,1-4H3,(H,36,44)(H,37,45)/t26-,27-/m0/s1. The van der Waals surface area contributed by atoms with Crippen LogP contribution in [0.15, 0.2) is 24.3 Å². The van der Waals surface area contributed by atoms with Crippen LogP contribution < -0.4 is 20.1 Å². The van der Waals surface area contributed by atoms with Crippen LogP contribution >= 0.6 is 0 Å². The van der Waals surface area contributed by atoms with Crippen molar-refractivity contribution in [2.75, 3.05) is 59.5 Å². The number of nitrogens with one attached hydrogen (secondary N) is 2. The quantitative estimate of drug-likeness (QED) is 0.442. The van der Waals surface area contributed by atoms with Crippen molar-refractivity contribution in [2.45, 2.75) is 71.6 Å². The fraction of sp³-hybridized carbons (Fsp3) is 0.600. The number of rotatable bonds is 7. The van der Waals surface area contributed by atoms with Gasteiger partial charge in [-0.2, -0.15) is 5.10 Å². The van der Waals surface area contributed by atoms with Gasteiger partial charge in [0.15, 0.2) is 11.5 Å². The highest BCUT2D eigenvalue weighted by molar-refractivity contribution is 5.97. The molecule has 0 unspecified atom stereocenters. The smallest absolute Gasteiger partial charge is 0.410 e. The van der Waals surface area contributed by atoms with Crippen LogP contribution in [0.2, 0.25) is 0 Å². The van der Waals surface area contributed by atoms with Crippen LogP contribution in [0.25, 0.3) is 0 Å². The molecule has 2 saturated heterocycles. The normalized spacial score (nSPS) is 20.7. The molecule has 5 rings (SSSR count). The fourth-order valence-electron chi connectivity index (χ4n) is 6.52. The third-order valence-corrected chi connectivity index (χ3v) is 9.08. The maximum Gasteiger partial charge on any atom is 0.410 e. The number of aryl methyl sites for hydroxylation is 1. The molecule has 4 bridgehead atoms. The van der Waals surface area contributed by atoms with E-state index in [9.17, 15) is 24.0 Å². The Bertz CT molecular complexity index is 1560. The lowest BCUT2D eigenvalue weighted by Gasteiger charge is -2.25. The summed E-state index contributed by atoms with van der Waals surface area (Å²) in [4.78, 5) is 70.8. The van der Waals surface area contributed by atoms with Crippen molar-refractivity contribution in [3.05, 3.63) is 41.2 Å². The molecule has 15 nitrogen and oxygen atoms in total. The van der Waals surface area contributed by atoms with Crippen LogP contribution in [-0.4, -0.2) is 126 Å². The maximum absolute atomic E-state index is 14.1. The van der Waals surface area contributed by atoms with Crippen LogP contribution in [0, 0.1) is 5.92 Å². The molecule has 0 spiro atoms. The molecule has 2 fully saturated rings. The molecular formula is C35H49N7O8. The zero-order valence-electron chi connectivity index (χ0n) is 29.4. The summed E-state index contributed by atoms with van der Waals surface area (Å²) < 4.78 is 18.6.